The Morgan fingerprint density at radius 3 is 2.83 bits per heavy atom. The Morgan fingerprint density at radius 2 is 2.17 bits per heavy atom. The quantitative estimate of drug-likeness (QED) is 0.739. The number of aryl methyl sites for hydroxylation is 1. The second-order valence-corrected chi connectivity index (χ2v) is 4.95. The molecule has 0 aliphatic carbocycles. The summed E-state index contributed by atoms with van der Waals surface area (Å²) >= 11 is 4.01. The minimum Gasteiger partial charge on any atom is -0.390 e. The van der Waals surface area contributed by atoms with Gasteiger partial charge in [0.25, 0.3) is 0 Å². The molecule has 0 amide bonds. The Kier molecular flexibility index (Phi) is 2.00. The predicted octanol–water partition coefficient (Wildman–Crippen LogP) is 3.40. The van der Waals surface area contributed by atoms with Crippen LogP contribution in [-0.4, -0.2) is 0 Å². The van der Waals surface area contributed by atoms with Gasteiger partial charge in [-0.15, -0.1) is 11.3 Å². The number of rotatable bonds is 0. The number of benzene rings is 1. The van der Waals surface area contributed by atoms with Crippen LogP contribution in [0.3, 0.4) is 0 Å². The molecule has 0 atom stereocenters. The molecule has 1 heterocycles. The van der Waals surface area contributed by atoms with Gasteiger partial charge in [-0.25, -0.2) is 0 Å². The maximum atomic E-state index is 5.84. The van der Waals surface area contributed by atoms with Crippen LogP contribution in [0.5, 0.6) is 0 Å². The zero-order valence-electron chi connectivity index (χ0n) is 6.60. The fourth-order valence-corrected chi connectivity index (χ4v) is 3.36. The van der Waals surface area contributed by atoms with Gasteiger partial charge in [-0.3, -0.25) is 0 Å². The third-order valence-corrected chi connectivity index (χ3v) is 3.93. The molecule has 3 heteroatoms. The Morgan fingerprint density at radius 1 is 1.42 bits per heavy atom. The summed E-state index contributed by atoms with van der Waals surface area (Å²) in [5.41, 5.74) is 7.06. The van der Waals surface area contributed by atoms with Gasteiger partial charge >= 0.3 is 0 Å². The lowest BCUT2D eigenvalue weighted by atomic mass is 10.2. The lowest BCUT2D eigenvalue weighted by Gasteiger charge is -1.94. The number of thiophene rings is 1. The Hall–Kier alpha value is -0.290. The summed E-state index contributed by atoms with van der Waals surface area (Å²) < 4.78 is 2.58. The zero-order chi connectivity index (χ0) is 8.72. The molecule has 2 N–H and O–H groups in total. The molecule has 0 aliphatic heterocycles. The van der Waals surface area contributed by atoms with Crippen molar-refractivity contribution >= 4 is 49.0 Å². The van der Waals surface area contributed by atoms with Gasteiger partial charge in [0, 0.05) is 13.7 Å². The van der Waals surface area contributed by atoms with E-state index < -0.39 is 0 Å². The highest BCUT2D eigenvalue weighted by atomic mass is 127. The third kappa shape index (κ3) is 1.11. The summed E-state index contributed by atoms with van der Waals surface area (Å²) in [5.74, 6) is 0. The fraction of sp³-hybridized carbons (Fsp3) is 0.111. The molecule has 0 saturated carbocycles. The first kappa shape index (κ1) is 8.31. The van der Waals surface area contributed by atoms with Crippen molar-refractivity contribution < 1.29 is 0 Å². The van der Waals surface area contributed by atoms with E-state index in [1.165, 1.54) is 19.2 Å². The summed E-state index contributed by atoms with van der Waals surface area (Å²) in [6, 6.07) is 6.30. The van der Waals surface area contributed by atoms with Gasteiger partial charge in [-0.1, -0.05) is 6.07 Å². The summed E-state index contributed by atoms with van der Waals surface area (Å²) in [5, 5.41) is 2.26. The van der Waals surface area contributed by atoms with Crippen LogP contribution in [0.25, 0.3) is 10.1 Å². The predicted molar refractivity (Wildman–Crippen MR) is 63.7 cm³/mol. The van der Waals surface area contributed by atoms with Crippen LogP contribution in [0.2, 0.25) is 0 Å². The molecule has 62 valence electrons. The molecule has 12 heavy (non-hydrogen) atoms. The molecule has 2 aromatic rings. The molecule has 1 aromatic carbocycles. The molecule has 0 aliphatic rings. The van der Waals surface area contributed by atoms with Crippen molar-refractivity contribution in [3.8, 4) is 0 Å². The van der Waals surface area contributed by atoms with E-state index in [1.54, 1.807) is 11.3 Å². The Bertz CT molecular complexity index is 433. The summed E-state index contributed by atoms with van der Waals surface area (Å²) in [4.78, 5) is 0. The fourth-order valence-electron chi connectivity index (χ4n) is 1.27. The molecule has 1 nitrogen and oxygen atoms in total. The monoisotopic (exact) mass is 289 g/mol. The van der Waals surface area contributed by atoms with E-state index in [2.05, 4.69) is 47.7 Å². The molecule has 0 radical (unpaired) electrons. The first-order valence-corrected chi connectivity index (χ1v) is 5.53. The highest BCUT2D eigenvalue weighted by Crippen LogP contribution is 2.35. The third-order valence-electron chi connectivity index (χ3n) is 1.94. The number of fused-ring (bicyclic) bond motifs is 1. The smallest absolute Gasteiger partial charge is 0.0898 e. The molecule has 0 saturated heterocycles. The molecular formula is C9H8INS. The van der Waals surface area contributed by atoms with Crippen LogP contribution in [0.4, 0.5) is 5.00 Å². The van der Waals surface area contributed by atoms with Crippen LogP contribution in [0.15, 0.2) is 18.2 Å². The van der Waals surface area contributed by atoms with Gasteiger partial charge in [0.2, 0.25) is 0 Å². The second-order valence-electron chi connectivity index (χ2n) is 2.70. The van der Waals surface area contributed by atoms with E-state index in [4.69, 9.17) is 5.73 Å². The largest absolute Gasteiger partial charge is 0.390 e. The van der Waals surface area contributed by atoms with E-state index in [-0.39, 0.29) is 0 Å². The first-order valence-electron chi connectivity index (χ1n) is 3.63. The Balaban J connectivity index is 2.97. The molecular weight excluding hydrogens is 281 g/mol. The molecule has 0 fully saturated rings. The number of nitrogen functional groups attached to an aromatic ring is 1. The highest BCUT2D eigenvalue weighted by Gasteiger charge is 2.07. The number of halogens is 1. The lowest BCUT2D eigenvalue weighted by Crippen LogP contribution is -1.81. The maximum absolute atomic E-state index is 5.84. The minimum absolute atomic E-state index is 0.939. The van der Waals surface area contributed by atoms with Crippen molar-refractivity contribution in [2.75, 3.05) is 5.73 Å². The standard InChI is InChI=1S/C9H8INS/c1-5-8-6(10)3-2-4-7(8)12-9(5)11/h2-4H,11H2,1H3. The van der Waals surface area contributed by atoms with Crippen molar-refractivity contribution in [1.82, 2.24) is 0 Å². The van der Waals surface area contributed by atoms with Gasteiger partial charge in [0.05, 0.1) is 5.00 Å². The van der Waals surface area contributed by atoms with Crippen molar-refractivity contribution in [2.45, 2.75) is 6.92 Å². The Labute approximate surface area is 88.7 Å². The molecule has 0 bridgehead atoms. The van der Waals surface area contributed by atoms with Crippen LogP contribution < -0.4 is 5.73 Å². The maximum Gasteiger partial charge on any atom is 0.0898 e. The topological polar surface area (TPSA) is 26.0 Å². The van der Waals surface area contributed by atoms with E-state index in [1.807, 2.05) is 0 Å². The highest BCUT2D eigenvalue weighted by molar-refractivity contribution is 14.1. The van der Waals surface area contributed by atoms with Crippen molar-refractivity contribution in [2.24, 2.45) is 0 Å². The average Bonchev–Trinajstić information content (AvgIpc) is 2.29. The van der Waals surface area contributed by atoms with Crippen molar-refractivity contribution in [3.63, 3.8) is 0 Å². The van der Waals surface area contributed by atoms with E-state index in [9.17, 15) is 0 Å². The summed E-state index contributed by atoms with van der Waals surface area (Å²) in [6.45, 7) is 2.08. The minimum atomic E-state index is 0.939. The lowest BCUT2D eigenvalue weighted by molar-refractivity contribution is 1.58. The number of hydrogen-bond acceptors (Lipinski definition) is 2. The molecule has 2 rings (SSSR count). The second kappa shape index (κ2) is 2.88. The van der Waals surface area contributed by atoms with Crippen LogP contribution in [0.1, 0.15) is 5.56 Å². The van der Waals surface area contributed by atoms with Crippen molar-refractivity contribution in [3.05, 3.63) is 27.3 Å². The number of anilines is 1. The summed E-state index contributed by atoms with van der Waals surface area (Å²) in [7, 11) is 0. The van der Waals surface area contributed by atoms with Crippen LogP contribution >= 0.6 is 33.9 Å². The van der Waals surface area contributed by atoms with Gasteiger partial charge in [-0.05, 0) is 47.2 Å². The first-order chi connectivity index (χ1) is 5.70. The van der Waals surface area contributed by atoms with E-state index in [0.29, 0.717) is 0 Å². The van der Waals surface area contributed by atoms with Crippen molar-refractivity contribution in [1.29, 1.82) is 0 Å². The van der Waals surface area contributed by atoms with Gasteiger partial charge < -0.3 is 5.73 Å². The molecule has 1 aromatic heterocycles. The van der Waals surface area contributed by atoms with Gasteiger partial charge in [0.15, 0.2) is 0 Å². The van der Waals surface area contributed by atoms with Gasteiger partial charge in [0.1, 0.15) is 0 Å². The SMILES string of the molecule is Cc1c(N)sc2cccc(I)c12. The van der Waals surface area contributed by atoms with E-state index in [0.717, 1.165) is 5.00 Å². The van der Waals surface area contributed by atoms with E-state index >= 15 is 0 Å². The zero-order valence-corrected chi connectivity index (χ0v) is 9.57. The normalized spacial score (nSPS) is 10.8. The molecule has 0 unspecified atom stereocenters. The van der Waals surface area contributed by atoms with Crippen LogP contribution in [0, 0.1) is 10.5 Å². The summed E-state index contributed by atoms with van der Waals surface area (Å²) in [6.07, 6.45) is 0. The average molecular weight is 289 g/mol. The van der Waals surface area contributed by atoms with Gasteiger partial charge in [-0.2, -0.15) is 0 Å². The van der Waals surface area contributed by atoms with Crippen LogP contribution in [-0.2, 0) is 0 Å². The number of nitrogens with two attached hydrogens (primary N) is 1. The molecule has 0 spiro atoms. The number of hydrogen-bond donors (Lipinski definition) is 1.